The molecule has 0 amide bonds. The highest BCUT2D eigenvalue weighted by Crippen LogP contribution is 2.36. The molecule has 0 saturated heterocycles. The first-order chi connectivity index (χ1) is 8.09. The van der Waals surface area contributed by atoms with Gasteiger partial charge in [0.2, 0.25) is 0 Å². The summed E-state index contributed by atoms with van der Waals surface area (Å²) in [6.07, 6.45) is 1.78. The van der Waals surface area contributed by atoms with Crippen LogP contribution in [-0.4, -0.2) is 28.6 Å². The average Bonchev–Trinajstić information content (AvgIpc) is 3.09. The molecule has 6 nitrogen and oxygen atoms in total. The smallest absolute Gasteiger partial charge is 0.323 e. The Balaban J connectivity index is 2.34. The number of nitrogens with zero attached hydrogens (tertiary/aromatic N) is 2. The molecule has 17 heavy (non-hydrogen) atoms. The summed E-state index contributed by atoms with van der Waals surface area (Å²) in [6.45, 7) is -0.199. The predicted octanol–water partition coefficient (Wildman–Crippen LogP) is 1.65. The van der Waals surface area contributed by atoms with E-state index in [0.717, 1.165) is 12.8 Å². The molecular formula is C11H12N2O4. The van der Waals surface area contributed by atoms with Crippen molar-refractivity contribution in [2.45, 2.75) is 18.9 Å². The zero-order valence-corrected chi connectivity index (χ0v) is 9.07. The molecular weight excluding hydrogens is 224 g/mol. The second kappa shape index (κ2) is 4.40. The van der Waals surface area contributed by atoms with Gasteiger partial charge in [0.1, 0.15) is 12.2 Å². The van der Waals surface area contributed by atoms with Crippen molar-refractivity contribution in [3.8, 4) is 0 Å². The largest absolute Gasteiger partial charge is 0.480 e. The van der Waals surface area contributed by atoms with Gasteiger partial charge >= 0.3 is 5.97 Å². The molecule has 1 aromatic carbocycles. The molecule has 0 atom stereocenters. The topological polar surface area (TPSA) is 83.7 Å². The lowest BCUT2D eigenvalue weighted by Gasteiger charge is -2.21. The molecule has 2 rings (SSSR count). The van der Waals surface area contributed by atoms with Gasteiger partial charge in [0.15, 0.2) is 0 Å². The van der Waals surface area contributed by atoms with Crippen molar-refractivity contribution >= 4 is 17.3 Å². The second-order valence-electron chi connectivity index (χ2n) is 4.00. The number of hydrogen-bond donors (Lipinski definition) is 1. The molecule has 0 bridgehead atoms. The summed E-state index contributed by atoms with van der Waals surface area (Å²) in [5.41, 5.74) is 0.350. The minimum atomic E-state index is -0.977. The van der Waals surface area contributed by atoms with E-state index in [1.165, 1.54) is 6.07 Å². The van der Waals surface area contributed by atoms with E-state index >= 15 is 0 Å². The van der Waals surface area contributed by atoms with Crippen LogP contribution in [0.1, 0.15) is 12.8 Å². The van der Waals surface area contributed by atoms with Crippen LogP contribution in [0.25, 0.3) is 0 Å². The van der Waals surface area contributed by atoms with Crippen LogP contribution >= 0.6 is 0 Å². The van der Waals surface area contributed by atoms with Crippen LogP contribution in [0.3, 0.4) is 0 Å². The fraction of sp³-hybridized carbons (Fsp3) is 0.364. The number of benzene rings is 1. The monoisotopic (exact) mass is 236 g/mol. The van der Waals surface area contributed by atoms with E-state index in [2.05, 4.69) is 0 Å². The minimum absolute atomic E-state index is 0.0411. The summed E-state index contributed by atoms with van der Waals surface area (Å²) in [7, 11) is 0. The molecule has 0 aliphatic heterocycles. The summed E-state index contributed by atoms with van der Waals surface area (Å²) >= 11 is 0. The van der Waals surface area contributed by atoms with E-state index in [4.69, 9.17) is 5.11 Å². The van der Waals surface area contributed by atoms with Crippen LogP contribution in [0.5, 0.6) is 0 Å². The lowest BCUT2D eigenvalue weighted by molar-refractivity contribution is -0.384. The maximum Gasteiger partial charge on any atom is 0.323 e. The van der Waals surface area contributed by atoms with Gasteiger partial charge < -0.3 is 10.0 Å². The van der Waals surface area contributed by atoms with Crippen molar-refractivity contribution in [2.24, 2.45) is 0 Å². The number of carboxylic acids is 1. The minimum Gasteiger partial charge on any atom is -0.480 e. The molecule has 1 N–H and O–H groups in total. The molecule has 0 spiro atoms. The van der Waals surface area contributed by atoms with Gasteiger partial charge in [-0.25, -0.2) is 0 Å². The quantitative estimate of drug-likeness (QED) is 0.620. The fourth-order valence-electron chi connectivity index (χ4n) is 1.80. The Labute approximate surface area is 97.6 Å². The van der Waals surface area contributed by atoms with E-state index in [1.54, 1.807) is 23.1 Å². The highest BCUT2D eigenvalue weighted by molar-refractivity contribution is 5.76. The Hall–Kier alpha value is -2.11. The Morgan fingerprint density at radius 1 is 1.47 bits per heavy atom. The summed E-state index contributed by atoms with van der Waals surface area (Å²) in [6, 6.07) is 6.37. The van der Waals surface area contributed by atoms with Crippen LogP contribution in [0, 0.1) is 10.1 Å². The number of para-hydroxylation sites is 2. The first kappa shape index (κ1) is 11.4. The molecule has 0 aromatic heterocycles. The average molecular weight is 236 g/mol. The Bertz CT molecular complexity index is 457. The molecule has 0 unspecified atom stereocenters. The van der Waals surface area contributed by atoms with E-state index in [-0.39, 0.29) is 18.3 Å². The summed E-state index contributed by atoms with van der Waals surface area (Å²) in [5, 5.41) is 19.7. The van der Waals surface area contributed by atoms with Crippen molar-refractivity contribution in [3.63, 3.8) is 0 Å². The number of anilines is 1. The lowest BCUT2D eigenvalue weighted by atomic mass is 10.2. The maximum absolute atomic E-state index is 10.9. The Kier molecular flexibility index (Phi) is 2.95. The van der Waals surface area contributed by atoms with Crippen LogP contribution < -0.4 is 4.90 Å². The zero-order valence-electron chi connectivity index (χ0n) is 9.07. The number of carboxylic acid groups (broad SMARTS) is 1. The Morgan fingerprint density at radius 3 is 2.65 bits per heavy atom. The fourth-order valence-corrected chi connectivity index (χ4v) is 1.80. The second-order valence-corrected chi connectivity index (χ2v) is 4.00. The summed E-state index contributed by atoms with van der Waals surface area (Å²) in [4.78, 5) is 22.8. The molecule has 0 heterocycles. The molecule has 1 saturated carbocycles. The third-order valence-electron chi connectivity index (χ3n) is 2.68. The van der Waals surface area contributed by atoms with Crippen LogP contribution in [0.2, 0.25) is 0 Å². The molecule has 1 aliphatic rings. The standard InChI is InChI=1S/C11H12N2O4/c14-11(15)7-12(8-5-6-8)9-3-1-2-4-10(9)13(16)17/h1-4,8H,5-7H2,(H,14,15). The van der Waals surface area contributed by atoms with Crippen LogP contribution in [0.4, 0.5) is 11.4 Å². The third-order valence-corrected chi connectivity index (χ3v) is 2.68. The number of rotatable bonds is 5. The van der Waals surface area contributed by atoms with Gasteiger partial charge in [0.05, 0.1) is 4.92 Å². The van der Waals surface area contributed by atoms with E-state index in [0.29, 0.717) is 5.69 Å². The highest BCUT2D eigenvalue weighted by atomic mass is 16.6. The third kappa shape index (κ3) is 2.52. The van der Waals surface area contributed by atoms with Gasteiger partial charge in [-0.1, -0.05) is 12.1 Å². The van der Waals surface area contributed by atoms with Crippen molar-refractivity contribution in [1.29, 1.82) is 0 Å². The predicted molar refractivity (Wildman–Crippen MR) is 61.1 cm³/mol. The first-order valence-electron chi connectivity index (χ1n) is 5.31. The lowest BCUT2D eigenvalue weighted by Crippen LogP contribution is -2.32. The summed E-state index contributed by atoms with van der Waals surface area (Å²) < 4.78 is 0. The van der Waals surface area contributed by atoms with Crippen molar-refractivity contribution in [3.05, 3.63) is 34.4 Å². The van der Waals surface area contributed by atoms with Gasteiger partial charge in [-0.15, -0.1) is 0 Å². The summed E-state index contributed by atoms with van der Waals surface area (Å²) in [5.74, 6) is -0.977. The highest BCUT2D eigenvalue weighted by Gasteiger charge is 2.33. The van der Waals surface area contributed by atoms with Gasteiger partial charge in [0, 0.05) is 12.1 Å². The number of nitro groups is 1. The SMILES string of the molecule is O=C(O)CN(c1ccccc1[N+](=O)[O-])C1CC1. The number of hydrogen-bond acceptors (Lipinski definition) is 4. The van der Waals surface area contributed by atoms with Gasteiger partial charge in [0.25, 0.3) is 5.69 Å². The van der Waals surface area contributed by atoms with Crippen LogP contribution in [-0.2, 0) is 4.79 Å². The first-order valence-corrected chi connectivity index (χ1v) is 5.31. The zero-order chi connectivity index (χ0) is 12.4. The molecule has 1 aliphatic carbocycles. The van der Waals surface area contributed by atoms with E-state index in [1.807, 2.05) is 0 Å². The van der Waals surface area contributed by atoms with E-state index < -0.39 is 10.9 Å². The number of carbonyl (C=O) groups is 1. The van der Waals surface area contributed by atoms with Gasteiger partial charge in [-0.3, -0.25) is 14.9 Å². The van der Waals surface area contributed by atoms with E-state index in [9.17, 15) is 14.9 Å². The molecule has 1 fully saturated rings. The molecule has 1 aromatic rings. The molecule has 0 radical (unpaired) electrons. The van der Waals surface area contributed by atoms with Crippen LogP contribution in [0.15, 0.2) is 24.3 Å². The van der Waals surface area contributed by atoms with Crippen molar-refractivity contribution in [1.82, 2.24) is 0 Å². The Morgan fingerprint density at radius 2 is 2.12 bits per heavy atom. The van der Waals surface area contributed by atoms with Crippen molar-refractivity contribution in [2.75, 3.05) is 11.4 Å². The number of nitro benzene ring substituents is 1. The maximum atomic E-state index is 10.9. The number of aliphatic carboxylic acids is 1. The molecule has 6 heteroatoms. The van der Waals surface area contributed by atoms with Gasteiger partial charge in [-0.2, -0.15) is 0 Å². The van der Waals surface area contributed by atoms with Crippen molar-refractivity contribution < 1.29 is 14.8 Å². The normalized spacial score (nSPS) is 14.4. The molecule has 90 valence electrons. The van der Waals surface area contributed by atoms with Gasteiger partial charge in [-0.05, 0) is 18.9 Å².